The fourth-order valence-corrected chi connectivity index (χ4v) is 3.89. The van der Waals surface area contributed by atoms with E-state index < -0.39 is 0 Å². The van der Waals surface area contributed by atoms with Gasteiger partial charge in [0.1, 0.15) is 5.01 Å². The Balaban J connectivity index is 1.62. The van der Waals surface area contributed by atoms with Crippen molar-refractivity contribution < 1.29 is 4.79 Å². The first-order chi connectivity index (χ1) is 11.1. The number of hydrogen-bond acceptors (Lipinski definition) is 5. The van der Waals surface area contributed by atoms with Crippen molar-refractivity contribution in [2.24, 2.45) is 5.92 Å². The van der Waals surface area contributed by atoms with E-state index in [4.69, 9.17) is 0 Å². The van der Waals surface area contributed by atoms with Gasteiger partial charge in [-0.15, -0.1) is 11.3 Å². The summed E-state index contributed by atoms with van der Waals surface area (Å²) >= 11 is 1.63. The van der Waals surface area contributed by atoms with Crippen LogP contribution in [0.2, 0.25) is 0 Å². The quantitative estimate of drug-likeness (QED) is 0.936. The highest BCUT2D eigenvalue weighted by molar-refractivity contribution is 7.15. The number of aromatic nitrogens is 2. The molecule has 3 heterocycles. The van der Waals surface area contributed by atoms with Crippen LogP contribution in [-0.2, 0) is 11.3 Å². The number of nitrogens with zero attached hydrogens (tertiary/aromatic N) is 3. The molecule has 0 bridgehead atoms. The molecule has 0 aromatic carbocycles. The van der Waals surface area contributed by atoms with Crippen molar-refractivity contribution in [2.45, 2.75) is 26.3 Å². The van der Waals surface area contributed by atoms with Crippen LogP contribution in [0.4, 0.5) is 0 Å². The Morgan fingerprint density at radius 2 is 2.39 bits per heavy atom. The molecule has 23 heavy (non-hydrogen) atoms. The van der Waals surface area contributed by atoms with E-state index in [1.807, 2.05) is 25.3 Å². The summed E-state index contributed by atoms with van der Waals surface area (Å²) in [4.78, 5) is 24.4. The maximum atomic E-state index is 12.3. The van der Waals surface area contributed by atoms with Crippen LogP contribution >= 0.6 is 11.3 Å². The number of likely N-dealkylation sites (tertiary alicyclic amines) is 1. The lowest BCUT2D eigenvalue weighted by Crippen LogP contribution is -2.41. The third-order valence-electron chi connectivity index (χ3n) is 4.22. The van der Waals surface area contributed by atoms with Crippen LogP contribution in [0, 0.1) is 12.8 Å². The number of aryl methyl sites for hydroxylation is 1. The Bertz CT molecular complexity index is 670. The van der Waals surface area contributed by atoms with Gasteiger partial charge in [0.25, 0.3) is 0 Å². The van der Waals surface area contributed by atoms with Crippen LogP contribution in [0.15, 0.2) is 24.5 Å². The summed E-state index contributed by atoms with van der Waals surface area (Å²) in [6.45, 7) is 4.50. The summed E-state index contributed by atoms with van der Waals surface area (Å²) in [6.07, 6.45) is 5.66. The maximum Gasteiger partial charge on any atom is 0.224 e. The van der Waals surface area contributed by atoms with E-state index in [0.717, 1.165) is 47.1 Å². The summed E-state index contributed by atoms with van der Waals surface area (Å²) < 4.78 is 0. The fraction of sp³-hybridized carbons (Fsp3) is 0.471. The lowest BCUT2D eigenvalue weighted by Gasteiger charge is -2.28. The highest BCUT2D eigenvalue weighted by atomic mass is 32.1. The van der Waals surface area contributed by atoms with E-state index >= 15 is 0 Å². The zero-order chi connectivity index (χ0) is 16.2. The minimum absolute atomic E-state index is 0.111. The maximum absolute atomic E-state index is 12.3. The van der Waals surface area contributed by atoms with Gasteiger partial charge in [-0.1, -0.05) is 0 Å². The van der Waals surface area contributed by atoms with Crippen molar-refractivity contribution in [1.82, 2.24) is 20.2 Å². The van der Waals surface area contributed by atoms with Crippen molar-refractivity contribution in [1.29, 1.82) is 0 Å². The second kappa shape index (κ2) is 7.19. The van der Waals surface area contributed by atoms with Crippen molar-refractivity contribution in [3.05, 3.63) is 35.1 Å². The number of carbonyl (C=O) groups is 1. The normalized spacial score (nSPS) is 18.8. The number of piperidine rings is 1. The zero-order valence-corrected chi connectivity index (χ0v) is 14.4. The standard InChI is InChI=1S/C17H22N4OS/c1-12-15(23-17(20-12)13-5-3-7-18-9-13)10-19-16(22)14-6-4-8-21(2)11-14/h3,5,7,9,14H,4,6,8,10-11H2,1-2H3,(H,19,22). The summed E-state index contributed by atoms with van der Waals surface area (Å²) in [6, 6.07) is 3.92. The Morgan fingerprint density at radius 1 is 1.52 bits per heavy atom. The van der Waals surface area contributed by atoms with Gasteiger partial charge in [-0.2, -0.15) is 0 Å². The van der Waals surface area contributed by atoms with E-state index in [1.165, 1.54) is 0 Å². The van der Waals surface area contributed by atoms with Gasteiger partial charge in [0, 0.05) is 29.4 Å². The molecule has 1 saturated heterocycles. The zero-order valence-electron chi connectivity index (χ0n) is 13.6. The molecule has 2 aromatic heterocycles. The van der Waals surface area contributed by atoms with Gasteiger partial charge in [0.2, 0.25) is 5.91 Å². The Kier molecular flexibility index (Phi) is 5.03. The first kappa shape index (κ1) is 16.1. The second-order valence-corrected chi connectivity index (χ2v) is 7.17. The molecule has 2 aromatic rings. The Hall–Kier alpha value is -1.79. The predicted molar refractivity (Wildman–Crippen MR) is 92.1 cm³/mol. The lowest BCUT2D eigenvalue weighted by atomic mass is 9.98. The highest BCUT2D eigenvalue weighted by Gasteiger charge is 2.24. The number of pyridine rings is 1. The van der Waals surface area contributed by atoms with Crippen LogP contribution in [0.5, 0.6) is 0 Å². The average Bonchev–Trinajstić information content (AvgIpc) is 2.94. The fourth-order valence-electron chi connectivity index (χ4n) is 2.90. The molecule has 0 saturated carbocycles. The molecule has 1 unspecified atom stereocenters. The number of rotatable bonds is 4. The largest absolute Gasteiger partial charge is 0.351 e. The third-order valence-corrected chi connectivity index (χ3v) is 5.43. The lowest BCUT2D eigenvalue weighted by molar-refractivity contribution is -0.126. The topological polar surface area (TPSA) is 58.1 Å². The van der Waals surface area contributed by atoms with Gasteiger partial charge in [0.15, 0.2) is 0 Å². The molecule has 1 aliphatic rings. The summed E-state index contributed by atoms with van der Waals surface area (Å²) in [5.74, 6) is 0.270. The monoisotopic (exact) mass is 330 g/mol. The van der Waals surface area contributed by atoms with Gasteiger partial charge in [-0.3, -0.25) is 9.78 Å². The van der Waals surface area contributed by atoms with Gasteiger partial charge < -0.3 is 10.2 Å². The minimum Gasteiger partial charge on any atom is -0.351 e. The van der Waals surface area contributed by atoms with Crippen molar-refractivity contribution >= 4 is 17.2 Å². The van der Waals surface area contributed by atoms with Gasteiger partial charge >= 0.3 is 0 Å². The molecule has 1 fully saturated rings. The van der Waals surface area contributed by atoms with Gasteiger partial charge in [0.05, 0.1) is 18.2 Å². The second-order valence-electron chi connectivity index (χ2n) is 6.09. The summed E-state index contributed by atoms with van der Waals surface area (Å²) in [5.41, 5.74) is 2.00. The SMILES string of the molecule is Cc1nc(-c2cccnc2)sc1CNC(=O)C1CCCN(C)C1. The molecule has 5 nitrogen and oxygen atoms in total. The van der Waals surface area contributed by atoms with E-state index in [0.29, 0.717) is 6.54 Å². The Labute approximate surface area is 140 Å². The highest BCUT2D eigenvalue weighted by Crippen LogP contribution is 2.27. The third kappa shape index (κ3) is 3.95. The van der Waals surface area contributed by atoms with E-state index in [1.54, 1.807) is 17.5 Å². The molecule has 1 amide bonds. The van der Waals surface area contributed by atoms with Crippen molar-refractivity contribution in [2.75, 3.05) is 20.1 Å². The minimum atomic E-state index is 0.111. The smallest absolute Gasteiger partial charge is 0.224 e. The number of amides is 1. The Morgan fingerprint density at radius 3 is 3.13 bits per heavy atom. The van der Waals surface area contributed by atoms with Crippen LogP contribution < -0.4 is 5.32 Å². The number of nitrogens with one attached hydrogen (secondary N) is 1. The number of thiazole rings is 1. The molecule has 1 aliphatic heterocycles. The van der Waals surface area contributed by atoms with Gasteiger partial charge in [-0.05, 0) is 45.5 Å². The summed E-state index contributed by atoms with van der Waals surface area (Å²) in [7, 11) is 2.08. The van der Waals surface area contributed by atoms with Crippen LogP contribution in [0.25, 0.3) is 10.6 Å². The molecular formula is C17H22N4OS. The van der Waals surface area contributed by atoms with E-state index in [2.05, 4.69) is 27.2 Å². The average molecular weight is 330 g/mol. The number of hydrogen-bond donors (Lipinski definition) is 1. The van der Waals surface area contributed by atoms with Crippen LogP contribution in [0.1, 0.15) is 23.4 Å². The first-order valence-electron chi connectivity index (χ1n) is 7.96. The molecule has 0 radical (unpaired) electrons. The van der Waals surface area contributed by atoms with Crippen molar-refractivity contribution in [3.63, 3.8) is 0 Å². The van der Waals surface area contributed by atoms with Crippen molar-refractivity contribution in [3.8, 4) is 10.6 Å². The molecule has 1 atom stereocenters. The number of carbonyl (C=O) groups excluding carboxylic acids is 1. The predicted octanol–water partition coefficient (Wildman–Crippen LogP) is 2.47. The molecule has 1 N–H and O–H groups in total. The van der Waals surface area contributed by atoms with Gasteiger partial charge in [-0.25, -0.2) is 4.98 Å². The van der Waals surface area contributed by atoms with E-state index in [9.17, 15) is 4.79 Å². The summed E-state index contributed by atoms with van der Waals surface area (Å²) in [5, 5.41) is 4.04. The van der Waals surface area contributed by atoms with Crippen LogP contribution in [-0.4, -0.2) is 40.9 Å². The first-order valence-corrected chi connectivity index (χ1v) is 8.78. The molecular weight excluding hydrogens is 308 g/mol. The molecule has 122 valence electrons. The van der Waals surface area contributed by atoms with Crippen LogP contribution in [0.3, 0.4) is 0 Å². The molecule has 3 rings (SSSR count). The molecule has 0 aliphatic carbocycles. The molecule has 0 spiro atoms. The molecule has 6 heteroatoms. The van der Waals surface area contributed by atoms with E-state index in [-0.39, 0.29) is 11.8 Å².